The predicted octanol–water partition coefficient (Wildman–Crippen LogP) is 3.71. The second kappa shape index (κ2) is 3.30. The second-order valence-corrected chi connectivity index (χ2v) is 6.65. The standard InChI is InChI=1S/C15H21NO/c1-8-7-17-15(16)13(8)14-11-3-9-2-10(5-11)6-12(14)4-9/h7,9-12,14H,2-6,16H2,1H3. The first-order valence-corrected chi connectivity index (χ1v) is 7.06. The minimum absolute atomic E-state index is 0.694. The van der Waals surface area contributed by atoms with Crippen molar-refractivity contribution in [2.45, 2.75) is 44.9 Å². The van der Waals surface area contributed by atoms with E-state index in [1.807, 2.05) is 6.26 Å². The van der Waals surface area contributed by atoms with Crippen LogP contribution in [-0.2, 0) is 0 Å². The third-order valence-electron chi connectivity index (χ3n) is 5.61. The van der Waals surface area contributed by atoms with Gasteiger partial charge in [-0.05, 0) is 74.2 Å². The maximum Gasteiger partial charge on any atom is 0.193 e. The molecule has 2 N–H and O–H groups in total. The van der Waals surface area contributed by atoms with Crippen molar-refractivity contribution in [3.05, 3.63) is 17.4 Å². The lowest BCUT2D eigenvalue weighted by atomic mass is 9.50. The van der Waals surface area contributed by atoms with Gasteiger partial charge in [-0.15, -0.1) is 0 Å². The largest absolute Gasteiger partial charge is 0.449 e. The molecule has 5 rings (SSSR count). The number of nitrogen functional groups attached to an aromatic ring is 1. The summed E-state index contributed by atoms with van der Waals surface area (Å²) in [6, 6.07) is 0. The van der Waals surface area contributed by atoms with Gasteiger partial charge in [-0.2, -0.15) is 0 Å². The van der Waals surface area contributed by atoms with Crippen LogP contribution < -0.4 is 5.73 Å². The summed E-state index contributed by atoms with van der Waals surface area (Å²) in [5.74, 6) is 5.25. The molecule has 0 amide bonds. The van der Waals surface area contributed by atoms with Crippen molar-refractivity contribution in [1.29, 1.82) is 0 Å². The minimum Gasteiger partial charge on any atom is -0.449 e. The van der Waals surface area contributed by atoms with E-state index in [4.69, 9.17) is 10.2 Å². The lowest BCUT2D eigenvalue weighted by molar-refractivity contribution is -0.00283. The average Bonchev–Trinajstić information content (AvgIpc) is 2.59. The van der Waals surface area contributed by atoms with Gasteiger partial charge in [-0.3, -0.25) is 0 Å². The van der Waals surface area contributed by atoms with E-state index in [0.29, 0.717) is 11.8 Å². The molecule has 0 unspecified atom stereocenters. The summed E-state index contributed by atoms with van der Waals surface area (Å²) in [5, 5.41) is 0. The fourth-order valence-corrected chi connectivity index (χ4v) is 5.30. The van der Waals surface area contributed by atoms with E-state index in [2.05, 4.69) is 6.92 Å². The highest BCUT2D eigenvalue weighted by Crippen LogP contribution is 2.60. The molecule has 0 aliphatic heterocycles. The first-order valence-electron chi connectivity index (χ1n) is 7.06. The second-order valence-electron chi connectivity index (χ2n) is 6.65. The monoisotopic (exact) mass is 231 g/mol. The molecule has 0 radical (unpaired) electrons. The van der Waals surface area contributed by atoms with Crippen LogP contribution in [0, 0.1) is 30.6 Å². The summed E-state index contributed by atoms with van der Waals surface area (Å²) in [6.07, 6.45) is 9.14. The maximum atomic E-state index is 6.05. The zero-order chi connectivity index (χ0) is 11.6. The lowest BCUT2D eigenvalue weighted by Crippen LogP contribution is -2.44. The van der Waals surface area contributed by atoms with Crippen LogP contribution >= 0.6 is 0 Å². The van der Waals surface area contributed by atoms with Crippen molar-refractivity contribution in [3.63, 3.8) is 0 Å². The van der Waals surface area contributed by atoms with Crippen molar-refractivity contribution in [3.8, 4) is 0 Å². The van der Waals surface area contributed by atoms with Crippen LogP contribution in [0.2, 0.25) is 0 Å². The highest BCUT2D eigenvalue weighted by Gasteiger charge is 2.49. The third kappa shape index (κ3) is 1.33. The fourth-order valence-electron chi connectivity index (χ4n) is 5.30. The van der Waals surface area contributed by atoms with Crippen molar-refractivity contribution in [2.75, 3.05) is 5.73 Å². The number of hydrogen-bond donors (Lipinski definition) is 1. The van der Waals surface area contributed by atoms with Crippen molar-refractivity contribution >= 4 is 5.88 Å². The van der Waals surface area contributed by atoms with Gasteiger partial charge >= 0.3 is 0 Å². The Morgan fingerprint density at radius 3 is 2.12 bits per heavy atom. The molecule has 2 heteroatoms. The Labute approximate surface area is 103 Å². The molecule has 0 spiro atoms. The smallest absolute Gasteiger partial charge is 0.193 e. The molecular formula is C15H21NO. The fraction of sp³-hybridized carbons (Fsp3) is 0.733. The maximum absolute atomic E-state index is 6.05. The van der Waals surface area contributed by atoms with E-state index < -0.39 is 0 Å². The zero-order valence-electron chi connectivity index (χ0n) is 10.5. The summed E-state index contributed by atoms with van der Waals surface area (Å²) in [7, 11) is 0. The number of furan rings is 1. The Morgan fingerprint density at radius 2 is 1.65 bits per heavy atom. The Bertz CT molecular complexity index is 400. The molecule has 4 aliphatic rings. The minimum atomic E-state index is 0.694. The quantitative estimate of drug-likeness (QED) is 0.800. The zero-order valence-corrected chi connectivity index (χ0v) is 10.5. The molecule has 4 fully saturated rings. The molecule has 1 aromatic heterocycles. The Hall–Kier alpha value is -0.920. The van der Waals surface area contributed by atoms with E-state index in [0.717, 1.165) is 23.7 Å². The normalized spacial score (nSPS) is 43.2. The Kier molecular flexibility index (Phi) is 1.95. The van der Waals surface area contributed by atoms with Crippen molar-refractivity contribution < 1.29 is 4.42 Å². The summed E-state index contributed by atoms with van der Waals surface area (Å²) in [4.78, 5) is 0. The van der Waals surface area contributed by atoms with Gasteiger partial charge in [0.15, 0.2) is 5.88 Å². The van der Waals surface area contributed by atoms with Crippen LogP contribution in [0.15, 0.2) is 10.7 Å². The van der Waals surface area contributed by atoms with Crippen LogP contribution in [0.25, 0.3) is 0 Å². The average molecular weight is 231 g/mol. The van der Waals surface area contributed by atoms with E-state index in [1.165, 1.54) is 43.2 Å². The van der Waals surface area contributed by atoms with Crippen molar-refractivity contribution in [2.24, 2.45) is 23.7 Å². The van der Waals surface area contributed by atoms with Gasteiger partial charge in [0.2, 0.25) is 0 Å². The Balaban J connectivity index is 1.75. The SMILES string of the molecule is Cc1coc(N)c1C1C2CC3CC(C2)CC1C3. The molecule has 0 saturated heterocycles. The van der Waals surface area contributed by atoms with Gasteiger partial charge in [0, 0.05) is 5.56 Å². The number of nitrogens with two attached hydrogens (primary N) is 1. The molecule has 1 aromatic rings. The molecular weight excluding hydrogens is 210 g/mol. The van der Waals surface area contributed by atoms with Gasteiger partial charge in [0.05, 0.1) is 6.26 Å². The van der Waals surface area contributed by atoms with Crippen LogP contribution in [-0.4, -0.2) is 0 Å². The van der Waals surface area contributed by atoms with Gasteiger partial charge in [-0.1, -0.05) is 0 Å². The first kappa shape index (κ1) is 10.0. The molecule has 4 aliphatic carbocycles. The molecule has 4 saturated carbocycles. The molecule has 17 heavy (non-hydrogen) atoms. The van der Waals surface area contributed by atoms with E-state index >= 15 is 0 Å². The summed E-state index contributed by atoms with van der Waals surface area (Å²) >= 11 is 0. The van der Waals surface area contributed by atoms with Gasteiger partial charge in [-0.25, -0.2) is 0 Å². The molecule has 2 nitrogen and oxygen atoms in total. The molecule has 0 aromatic carbocycles. The summed E-state index contributed by atoms with van der Waals surface area (Å²) in [6.45, 7) is 2.15. The highest BCUT2D eigenvalue weighted by atomic mass is 16.3. The topological polar surface area (TPSA) is 39.2 Å². The van der Waals surface area contributed by atoms with Crippen LogP contribution in [0.3, 0.4) is 0 Å². The summed E-state index contributed by atoms with van der Waals surface area (Å²) in [5.41, 5.74) is 8.69. The third-order valence-corrected chi connectivity index (χ3v) is 5.61. The van der Waals surface area contributed by atoms with E-state index in [-0.39, 0.29) is 0 Å². The van der Waals surface area contributed by atoms with E-state index in [9.17, 15) is 0 Å². The van der Waals surface area contributed by atoms with Gasteiger partial charge in [0.25, 0.3) is 0 Å². The Morgan fingerprint density at radius 1 is 1.06 bits per heavy atom. The van der Waals surface area contributed by atoms with E-state index in [1.54, 1.807) is 0 Å². The number of rotatable bonds is 1. The molecule has 1 heterocycles. The van der Waals surface area contributed by atoms with Crippen LogP contribution in [0.4, 0.5) is 5.88 Å². The molecule has 92 valence electrons. The van der Waals surface area contributed by atoms with Gasteiger partial charge < -0.3 is 10.2 Å². The summed E-state index contributed by atoms with van der Waals surface area (Å²) < 4.78 is 5.43. The number of aryl methyl sites for hydroxylation is 1. The molecule has 4 bridgehead atoms. The number of anilines is 1. The highest BCUT2D eigenvalue weighted by molar-refractivity contribution is 5.46. The lowest BCUT2D eigenvalue weighted by Gasteiger charge is -2.54. The van der Waals surface area contributed by atoms with Crippen molar-refractivity contribution in [1.82, 2.24) is 0 Å². The first-order chi connectivity index (χ1) is 8.22. The van der Waals surface area contributed by atoms with Crippen LogP contribution in [0.1, 0.15) is 49.1 Å². The predicted molar refractivity (Wildman–Crippen MR) is 67.6 cm³/mol. The molecule has 0 atom stereocenters. The van der Waals surface area contributed by atoms with Crippen LogP contribution in [0.5, 0.6) is 0 Å². The van der Waals surface area contributed by atoms with Gasteiger partial charge in [0.1, 0.15) is 0 Å². The number of hydrogen-bond acceptors (Lipinski definition) is 2.